The number of carbonyl (C=O) groups is 1. The van der Waals surface area contributed by atoms with E-state index in [2.05, 4.69) is 24.4 Å². The van der Waals surface area contributed by atoms with Crippen LogP contribution in [0.4, 0.5) is 0 Å². The van der Waals surface area contributed by atoms with E-state index in [-0.39, 0.29) is 29.1 Å². The predicted octanol–water partition coefficient (Wildman–Crippen LogP) is 2.97. The Balaban J connectivity index is 0.00000220. The molecule has 0 aliphatic heterocycles. The molecule has 118 valence electrons. The van der Waals surface area contributed by atoms with Crippen molar-refractivity contribution < 1.29 is 4.79 Å². The van der Waals surface area contributed by atoms with Gasteiger partial charge in [0.1, 0.15) is 0 Å². The van der Waals surface area contributed by atoms with Crippen molar-refractivity contribution in [1.29, 1.82) is 0 Å². The van der Waals surface area contributed by atoms with Crippen molar-refractivity contribution in [2.75, 3.05) is 6.54 Å². The largest absolute Gasteiger partial charge is 0.348 e. The lowest BCUT2D eigenvalue weighted by molar-refractivity contribution is -0.122. The third-order valence-corrected chi connectivity index (χ3v) is 5.24. The van der Waals surface area contributed by atoms with Crippen LogP contribution in [0.1, 0.15) is 32.3 Å². The Morgan fingerprint density at radius 2 is 2.05 bits per heavy atom. The highest BCUT2D eigenvalue weighted by molar-refractivity contribution is 7.99. The smallest absolute Gasteiger partial charge is 0.233 e. The van der Waals surface area contributed by atoms with Crippen LogP contribution in [0.3, 0.4) is 0 Å². The normalized spacial score (nSPS) is 18.2. The summed E-state index contributed by atoms with van der Waals surface area (Å²) in [7, 11) is 0. The van der Waals surface area contributed by atoms with Gasteiger partial charge in [0, 0.05) is 12.3 Å². The standard InChI is InChI=1S/C16H24N2OS.ClH/c1-12(20-10-13-6-4-3-5-7-13)15(19)18-16(2,11-17)14-8-9-14;/h3-7,12,14H,8-11,17H2,1-2H3,(H,18,19);1H. The van der Waals surface area contributed by atoms with Gasteiger partial charge in [0.05, 0.1) is 10.8 Å². The zero-order valence-electron chi connectivity index (χ0n) is 12.7. The Kier molecular flexibility index (Phi) is 7.04. The molecule has 0 radical (unpaired) electrons. The van der Waals surface area contributed by atoms with Crippen LogP contribution in [0.5, 0.6) is 0 Å². The van der Waals surface area contributed by atoms with Crippen molar-refractivity contribution in [3.8, 4) is 0 Å². The molecule has 0 spiro atoms. The lowest BCUT2D eigenvalue weighted by Crippen LogP contribution is -2.54. The summed E-state index contributed by atoms with van der Waals surface area (Å²) in [4.78, 5) is 12.3. The molecule has 1 amide bonds. The Morgan fingerprint density at radius 3 is 2.57 bits per heavy atom. The highest BCUT2D eigenvalue weighted by atomic mass is 35.5. The van der Waals surface area contributed by atoms with Gasteiger partial charge < -0.3 is 11.1 Å². The Bertz CT molecular complexity index is 453. The van der Waals surface area contributed by atoms with Crippen LogP contribution >= 0.6 is 24.2 Å². The van der Waals surface area contributed by atoms with E-state index < -0.39 is 0 Å². The van der Waals surface area contributed by atoms with E-state index in [0.29, 0.717) is 12.5 Å². The van der Waals surface area contributed by atoms with Crippen LogP contribution < -0.4 is 11.1 Å². The Hall–Kier alpha value is -0.710. The summed E-state index contributed by atoms with van der Waals surface area (Å²) in [5, 5.41) is 3.10. The molecule has 3 nitrogen and oxygen atoms in total. The molecule has 0 heterocycles. The molecule has 1 aromatic carbocycles. The van der Waals surface area contributed by atoms with Crippen LogP contribution in [0.25, 0.3) is 0 Å². The quantitative estimate of drug-likeness (QED) is 0.809. The number of hydrogen-bond acceptors (Lipinski definition) is 3. The zero-order chi connectivity index (χ0) is 14.6. The maximum atomic E-state index is 12.3. The van der Waals surface area contributed by atoms with Crippen molar-refractivity contribution in [2.24, 2.45) is 11.7 Å². The summed E-state index contributed by atoms with van der Waals surface area (Å²) in [5.41, 5.74) is 6.87. The van der Waals surface area contributed by atoms with E-state index in [0.717, 1.165) is 5.75 Å². The number of nitrogens with one attached hydrogen (secondary N) is 1. The molecule has 21 heavy (non-hydrogen) atoms. The maximum absolute atomic E-state index is 12.3. The summed E-state index contributed by atoms with van der Waals surface area (Å²) < 4.78 is 0. The molecule has 5 heteroatoms. The number of carbonyl (C=O) groups excluding carboxylic acids is 1. The monoisotopic (exact) mass is 328 g/mol. The van der Waals surface area contributed by atoms with Crippen molar-refractivity contribution in [1.82, 2.24) is 5.32 Å². The van der Waals surface area contributed by atoms with Crippen molar-refractivity contribution in [3.05, 3.63) is 35.9 Å². The van der Waals surface area contributed by atoms with Gasteiger partial charge >= 0.3 is 0 Å². The summed E-state index contributed by atoms with van der Waals surface area (Å²) in [6, 6.07) is 10.2. The fourth-order valence-electron chi connectivity index (χ4n) is 2.29. The third-order valence-electron chi connectivity index (χ3n) is 4.02. The fraction of sp³-hybridized carbons (Fsp3) is 0.562. The first-order chi connectivity index (χ1) is 9.55. The van der Waals surface area contributed by atoms with Gasteiger partial charge in [-0.3, -0.25) is 4.79 Å². The molecule has 2 rings (SSSR count). The summed E-state index contributed by atoms with van der Waals surface area (Å²) >= 11 is 1.67. The topological polar surface area (TPSA) is 55.1 Å². The van der Waals surface area contributed by atoms with Gasteiger partial charge in [-0.05, 0) is 38.2 Å². The van der Waals surface area contributed by atoms with Crippen LogP contribution in [0, 0.1) is 5.92 Å². The van der Waals surface area contributed by atoms with Crippen LogP contribution in [-0.2, 0) is 10.5 Å². The first kappa shape index (κ1) is 18.3. The van der Waals surface area contributed by atoms with E-state index in [1.807, 2.05) is 25.1 Å². The average molecular weight is 329 g/mol. The average Bonchev–Trinajstić information content (AvgIpc) is 3.30. The molecule has 2 atom stereocenters. The summed E-state index contributed by atoms with van der Waals surface area (Å²) in [6.45, 7) is 4.55. The Labute approximate surface area is 137 Å². The summed E-state index contributed by atoms with van der Waals surface area (Å²) in [6.07, 6.45) is 2.36. The number of hydrogen-bond donors (Lipinski definition) is 2. The molecule has 2 unspecified atom stereocenters. The van der Waals surface area contributed by atoms with Crippen molar-refractivity contribution in [2.45, 2.75) is 43.2 Å². The first-order valence-corrected chi connectivity index (χ1v) is 8.27. The van der Waals surface area contributed by atoms with E-state index in [9.17, 15) is 4.79 Å². The molecule has 3 N–H and O–H groups in total. The molecule has 1 saturated carbocycles. The number of rotatable bonds is 7. The van der Waals surface area contributed by atoms with Gasteiger partial charge in [-0.1, -0.05) is 30.3 Å². The number of nitrogens with two attached hydrogens (primary N) is 1. The van der Waals surface area contributed by atoms with E-state index in [4.69, 9.17) is 5.73 Å². The SMILES string of the molecule is CC(SCc1ccccc1)C(=O)NC(C)(CN)C1CC1.Cl. The molecular weight excluding hydrogens is 304 g/mol. The molecule has 1 aromatic rings. The molecule has 0 saturated heterocycles. The second-order valence-corrected chi connectivity index (χ2v) is 7.15. The fourth-order valence-corrected chi connectivity index (χ4v) is 3.14. The Morgan fingerprint density at radius 1 is 1.43 bits per heavy atom. The highest BCUT2D eigenvalue weighted by Gasteiger charge is 2.42. The highest BCUT2D eigenvalue weighted by Crippen LogP contribution is 2.39. The van der Waals surface area contributed by atoms with E-state index >= 15 is 0 Å². The van der Waals surface area contributed by atoms with Crippen LogP contribution in [0.2, 0.25) is 0 Å². The minimum atomic E-state index is -0.224. The van der Waals surface area contributed by atoms with Crippen LogP contribution in [0.15, 0.2) is 30.3 Å². The third kappa shape index (κ3) is 5.20. The van der Waals surface area contributed by atoms with Gasteiger partial charge in [0.15, 0.2) is 0 Å². The molecular formula is C16H25ClN2OS. The maximum Gasteiger partial charge on any atom is 0.233 e. The number of benzene rings is 1. The predicted molar refractivity (Wildman–Crippen MR) is 92.8 cm³/mol. The molecule has 0 bridgehead atoms. The van der Waals surface area contributed by atoms with Gasteiger partial charge in [0.25, 0.3) is 0 Å². The van der Waals surface area contributed by atoms with Crippen LogP contribution in [-0.4, -0.2) is 23.2 Å². The number of amides is 1. The lowest BCUT2D eigenvalue weighted by Gasteiger charge is -2.30. The second-order valence-electron chi connectivity index (χ2n) is 5.82. The molecule has 1 fully saturated rings. The summed E-state index contributed by atoms with van der Waals surface area (Å²) in [5.74, 6) is 1.52. The van der Waals surface area contributed by atoms with Gasteiger partial charge in [0.2, 0.25) is 5.91 Å². The minimum absolute atomic E-state index is 0. The first-order valence-electron chi connectivity index (χ1n) is 7.23. The van der Waals surface area contributed by atoms with Gasteiger partial charge in [-0.15, -0.1) is 24.2 Å². The molecule has 0 aromatic heterocycles. The zero-order valence-corrected chi connectivity index (χ0v) is 14.3. The number of halogens is 1. The van der Waals surface area contributed by atoms with E-state index in [1.165, 1.54) is 18.4 Å². The minimum Gasteiger partial charge on any atom is -0.348 e. The molecule has 1 aliphatic carbocycles. The van der Waals surface area contributed by atoms with Crippen molar-refractivity contribution >= 4 is 30.1 Å². The van der Waals surface area contributed by atoms with Gasteiger partial charge in [-0.2, -0.15) is 0 Å². The lowest BCUT2D eigenvalue weighted by atomic mass is 9.96. The molecule has 1 aliphatic rings. The van der Waals surface area contributed by atoms with E-state index in [1.54, 1.807) is 11.8 Å². The number of thioether (sulfide) groups is 1. The van der Waals surface area contributed by atoms with Gasteiger partial charge in [-0.25, -0.2) is 0 Å². The van der Waals surface area contributed by atoms with Crippen molar-refractivity contribution in [3.63, 3.8) is 0 Å². The second kappa shape index (κ2) is 8.06.